The number of hydrogen-bond donors (Lipinski definition) is 1. The van der Waals surface area contributed by atoms with Crippen LogP contribution in [0.3, 0.4) is 0 Å². The van der Waals surface area contributed by atoms with Crippen molar-refractivity contribution in [2.75, 3.05) is 20.2 Å². The van der Waals surface area contributed by atoms with Gasteiger partial charge in [0, 0.05) is 12.1 Å². The van der Waals surface area contributed by atoms with Gasteiger partial charge in [-0.15, -0.1) is 0 Å². The van der Waals surface area contributed by atoms with Gasteiger partial charge >= 0.3 is 0 Å². The first-order valence-electron chi connectivity index (χ1n) is 5.26. The quantitative estimate of drug-likeness (QED) is 0.688. The molecule has 2 nitrogen and oxygen atoms in total. The van der Waals surface area contributed by atoms with Crippen LogP contribution in [0.15, 0.2) is 0 Å². The van der Waals surface area contributed by atoms with E-state index in [1.54, 1.807) is 0 Å². The molecule has 0 aromatic heterocycles. The van der Waals surface area contributed by atoms with Crippen molar-refractivity contribution in [2.45, 2.75) is 46.1 Å². The Labute approximate surface area is 82.9 Å². The summed E-state index contributed by atoms with van der Waals surface area (Å²) in [5.41, 5.74) is -0.0813. The smallest absolute Gasteiger partial charge is 0.0609 e. The van der Waals surface area contributed by atoms with Crippen LogP contribution in [0.2, 0.25) is 0 Å². The van der Waals surface area contributed by atoms with Gasteiger partial charge in [-0.05, 0) is 33.2 Å². The van der Waals surface area contributed by atoms with E-state index >= 15 is 0 Å². The first-order valence-corrected chi connectivity index (χ1v) is 5.26. The van der Waals surface area contributed by atoms with Gasteiger partial charge in [-0.25, -0.2) is 0 Å². The van der Waals surface area contributed by atoms with Crippen molar-refractivity contribution < 1.29 is 5.11 Å². The first kappa shape index (κ1) is 12.9. The lowest BCUT2D eigenvalue weighted by molar-refractivity contribution is 0.0672. The second-order valence-electron chi connectivity index (χ2n) is 4.74. The molecule has 13 heavy (non-hydrogen) atoms. The highest BCUT2D eigenvalue weighted by Crippen LogP contribution is 2.15. The minimum Gasteiger partial charge on any atom is -0.394 e. The van der Waals surface area contributed by atoms with E-state index in [0.29, 0.717) is 0 Å². The molecule has 1 unspecified atom stereocenters. The second kappa shape index (κ2) is 5.61. The third-order valence-corrected chi connectivity index (χ3v) is 2.79. The van der Waals surface area contributed by atoms with Gasteiger partial charge in [-0.3, -0.25) is 4.90 Å². The zero-order chi connectivity index (χ0) is 10.5. The van der Waals surface area contributed by atoms with Gasteiger partial charge in [-0.1, -0.05) is 20.3 Å². The standard InChI is InChI=1S/C11H25NO/c1-6-7-10(2)8-12(5)11(3,4)9-13/h10,13H,6-9H2,1-5H3. The molecular weight excluding hydrogens is 162 g/mol. The molecule has 0 aromatic rings. The Kier molecular flexibility index (Phi) is 5.57. The minimum absolute atomic E-state index is 0.0813. The largest absolute Gasteiger partial charge is 0.394 e. The topological polar surface area (TPSA) is 23.5 Å². The SMILES string of the molecule is CCCC(C)CN(C)C(C)(C)CO. The van der Waals surface area contributed by atoms with Crippen molar-refractivity contribution in [1.82, 2.24) is 4.90 Å². The molecule has 1 N–H and O–H groups in total. The van der Waals surface area contributed by atoms with E-state index in [9.17, 15) is 0 Å². The van der Waals surface area contributed by atoms with Gasteiger partial charge in [0.2, 0.25) is 0 Å². The maximum atomic E-state index is 9.17. The van der Waals surface area contributed by atoms with Gasteiger partial charge in [0.25, 0.3) is 0 Å². The number of hydrogen-bond acceptors (Lipinski definition) is 2. The molecule has 0 aromatic carbocycles. The zero-order valence-electron chi connectivity index (χ0n) is 9.80. The Bertz CT molecular complexity index is 134. The zero-order valence-corrected chi connectivity index (χ0v) is 9.80. The van der Waals surface area contributed by atoms with Crippen LogP contribution in [0, 0.1) is 5.92 Å². The minimum atomic E-state index is -0.0813. The fourth-order valence-corrected chi connectivity index (χ4v) is 1.42. The molecule has 0 aliphatic rings. The highest BCUT2D eigenvalue weighted by molar-refractivity contribution is 4.78. The van der Waals surface area contributed by atoms with E-state index in [2.05, 4.69) is 39.6 Å². The molecule has 0 heterocycles. The molecule has 0 aliphatic heterocycles. The molecule has 0 rings (SSSR count). The molecule has 2 heteroatoms. The number of rotatable bonds is 6. The summed E-state index contributed by atoms with van der Waals surface area (Å²) < 4.78 is 0. The predicted octanol–water partition coefficient (Wildman–Crippen LogP) is 2.13. The molecular formula is C11H25NO. The van der Waals surface area contributed by atoms with Crippen LogP contribution < -0.4 is 0 Å². The summed E-state index contributed by atoms with van der Waals surface area (Å²) in [4.78, 5) is 2.24. The van der Waals surface area contributed by atoms with Crippen LogP contribution in [0.1, 0.15) is 40.5 Å². The van der Waals surface area contributed by atoms with E-state index in [1.165, 1.54) is 12.8 Å². The second-order valence-corrected chi connectivity index (χ2v) is 4.74. The van der Waals surface area contributed by atoms with Crippen molar-refractivity contribution in [3.63, 3.8) is 0 Å². The number of nitrogens with zero attached hydrogens (tertiary/aromatic N) is 1. The van der Waals surface area contributed by atoms with Crippen molar-refractivity contribution >= 4 is 0 Å². The van der Waals surface area contributed by atoms with Crippen molar-refractivity contribution in [2.24, 2.45) is 5.92 Å². The summed E-state index contributed by atoms with van der Waals surface area (Å²) in [5.74, 6) is 0.723. The summed E-state index contributed by atoms with van der Waals surface area (Å²) in [6.45, 7) is 9.93. The van der Waals surface area contributed by atoms with Gasteiger partial charge in [-0.2, -0.15) is 0 Å². The monoisotopic (exact) mass is 187 g/mol. The molecule has 0 saturated heterocycles. The highest BCUT2D eigenvalue weighted by atomic mass is 16.3. The van der Waals surface area contributed by atoms with E-state index < -0.39 is 0 Å². The Morgan fingerprint density at radius 2 is 1.92 bits per heavy atom. The van der Waals surface area contributed by atoms with Crippen LogP contribution in [0.25, 0.3) is 0 Å². The van der Waals surface area contributed by atoms with Crippen molar-refractivity contribution in [1.29, 1.82) is 0 Å². The van der Waals surface area contributed by atoms with E-state index in [-0.39, 0.29) is 12.1 Å². The lowest BCUT2D eigenvalue weighted by Gasteiger charge is -2.35. The molecule has 0 spiro atoms. The first-order chi connectivity index (χ1) is 5.94. The molecule has 1 atom stereocenters. The summed E-state index contributed by atoms with van der Waals surface area (Å²) in [5, 5.41) is 9.17. The Balaban J connectivity index is 3.91. The average molecular weight is 187 g/mol. The van der Waals surface area contributed by atoms with Crippen LogP contribution in [0.5, 0.6) is 0 Å². The Morgan fingerprint density at radius 1 is 1.38 bits per heavy atom. The van der Waals surface area contributed by atoms with Crippen LogP contribution in [-0.4, -0.2) is 35.7 Å². The van der Waals surface area contributed by atoms with Gasteiger partial charge in [0.05, 0.1) is 6.61 Å². The highest BCUT2D eigenvalue weighted by Gasteiger charge is 2.23. The summed E-state index contributed by atoms with van der Waals surface area (Å²) in [6, 6.07) is 0. The maximum absolute atomic E-state index is 9.17. The van der Waals surface area contributed by atoms with Crippen LogP contribution in [-0.2, 0) is 0 Å². The van der Waals surface area contributed by atoms with Gasteiger partial charge < -0.3 is 5.11 Å². The molecule has 0 fully saturated rings. The molecule has 0 bridgehead atoms. The summed E-state index contributed by atoms with van der Waals surface area (Å²) in [7, 11) is 2.09. The fraction of sp³-hybridized carbons (Fsp3) is 1.00. The molecule has 0 radical (unpaired) electrons. The van der Waals surface area contributed by atoms with E-state index in [1.807, 2.05) is 0 Å². The fourth-order valence-electron chi connectivity index (χ4n) is 1.42. The number of likely N-dealkylation sites (N-methyl/N-ethyl adjacent to an activating group) is 1. The lowest BCUT2D eigenvalue weighted by atomic mass is 10.0. The van der Waals surface area contributed by atoms with Crippen molar-refractivity contribution in [3.05, 3.63) is 0 Å². The summed E-state index contributed by atoms with van der Waals surface area (Å²) in [6.07, 6.45) is 2.51. The number of aliphatic hydroxyl groups excluding tert-OH is 1. The average Bonchev–Trinajstić information content (AvgIpc) is 2.04. The normalized spacial score (nSPS) is 15.0. The molecule has 0 saturated carbocycles. The molecule has 80 valence electrons. The van der Waals surface area contributed by atoms with E-state index in [0.717, 1.165) is 12.5 Å². The lowest BCUT2D eigenvalue weighted by Crippen LogP contribution is -2.46. The van der Waals surface area contributed by atoms with Crippen LogP contribution >= 0.6 is 0 Å². The third kappa shape index (κ3) is 4.63. The Morgan fingerprint density at radius 3 is 2.31 bits per heavy atom. The third-order valence-electron chi connectivity index (χ3n) is 2.79. The molecule has 0 aliphatic carbocycles. The number of aliphatic hydroxyl groups is 1. The van der Waals surface area contributed by atoms with Crippen LogP contribution in [0.4, 0.5) is 0 Å². The van der Waals surface area contributed by atoms with E-state index in [4.69, 9.17) is 5.11 Å². The summed E-state index contributed by atoms with van der Waals surface area (Å²) >= 11 is 0. The predicted molar refractivity (Wildman–Crippen MR) is 57.9 cm³/mol. The van der Waals surface area contributed by atoms with Gasteiger partial charge in [0.1, 0.15) is 0 Å². The van der Waals surface area contributed by atoms with Gasteiger partial charge in [0.15, 0.2) is 0 Å². The Hall–Kier alpha value is -0.0800. The molecule has 0 amide bonds. The van der Waals surface area contributed by atoms with Crippen molar-refractivity contribution in [3.8, 4) is 0 Å². The maximum Gasteiger partial charge on any atom is 0.0609 e.